The molecule has 1 heterocycles. The van der Waals surface area contributed by atoms with E-state index < -0.39 is 21.4 Å². The van der Waals surface area contributed by atoms with Gasteiger partial charge in [-0.15, -0.1) is 0 Å². The number of sulfonamides is 1. The summed E-state index contributed by atoms with van der Waals surface area (Å²) in [6.45, 7) is 4.23. The lowest BCUT2D eigenvalue weighted by molar-refractivity contribution is -0.150. The number of benzene rings is 1. The van der Waals surface area contributed by atoms with Crippen molar-refractivity contribution in [2.45, 2.75) is 25.2 Å². The van der Waals surface area contributed by atoms with Gasteiger partial charge in [-0.1, -0.05) is 13.8 Å². The predicted octanol–water partition coefficient (Wildman–Crippen LogP) is 1.17. The summed E-state index contributed by atoms with van der Waals surface area (Å²) in [5.74, 6) is -1.26. The summed E-state index contributed by atoms with van der Waals surface area (Å²) in [6, 6.07) is 5.62. The van der Waals surface area contributed by atoms with E-state index in [2.05, 4.69) is 4.72 Å². The van der Waals surface area contributed by atoms with Crippen LogP contribution in [-0.4, -0.2) is 50.4 Å². The van der Waals surface area contributed by atoms with Crippen molar-refractivity contribution in [3.63, 3.8) is 0 Å². The minimum atomic E-state index is -3.55. The van der Waals surface area contributed by atoms with Crippen LogP contribution in [0.2, 0.25) is 0 Å². The van der Waals surface area contributed by atoms with Crippen LogP contribution in [0.25, 0.3) is 0 Å². The fourth-order valence-electron chi connectivity index (χ4n) is 2.98. The number of hydrogen-bond acceptors (Lipinski definition) is 4. The van der Waals surface area contributed by atoms with Gasteiger partial charge in [-0.05, 0) is 43.7 Å². The highest BCUT2D eigenvalue weighted by atomic mass is 32.2. The van der Waals surface area contributed by atoms with Crippen molar-refractivity contribution in [3.8, 4) is 0 Å². The molecule has 1 amide bonds. The zero-order valence-electron chi connectivity index (χ0n) is 13.9. The fraction of sp³-hybridized carbons (Fsp3) is 0.500. The number of amides is 1. The molecular formula is C16H22N2O5S. The van der Waals surface area contributed by atoms with Crippen molar-refractivity contribution in [1.29, 1.82) is 0 Å². The molecule has 1 aromatic rings. The number of carboxylic acids is 1. The maximum absolute atomic E-state index is 12.6. The van der Waals surface area contributed by atoms with Gasteiger partial charge in [0.25, 0.3) is 5.91 Å². The normalized spacial score (nSPS) is 21.2. The Morgan fingerprint density at radius 2 is 1.83 bits per heavy atom. The third-order valence-corrected chi connectivity index (χ3v) is 6.23. The zero-order valence-corrected chi connectivity index (χ0v) is 14.8. The third-order valence-electron chi connectivity index (χ3n) is 4.80. The summed E-state index contributed by atoms with van der Waals surface area (Å²) in [7, 11) is -2.24. The molecule has 1 saturated heterocycles. The van der Waals surface area contributed by atoms with Crippen LogP contribution in [0.5, 0.6) is 0 Å². The highest BCUT2D eigenvalue weighted by Crippen LogP contribution is 2.38. The minimum absolute atomic E-state index is 0.0741. The smallest absolute Gasteiger partial charge is 0.311 e. The summed E-state index contributed by atoms with van der Waals surface area (Å²) in [6.07, 6.45) is 0.415. The molecule has 0 radical (unpaired) electrons. The first-order chi connectivity index (χ1) is 11.1. The molecule has 2 rings (SSSR count). The number of rotatable bonds is 5. The Morgan fingerprint density at radius 3 is 2.25 bits per heavy atom. The number of likely N-dealkylation sites (tertiary alicyclic amines) is 1. The Kier molecular flexibility index (Phi) is 5.00. The summed E-state index contributed by atoms with van der Waals surface area (Å²) in [5.41, 5.74) is -0.583. The Morgan fingerprint density at radius 1 is 1.25 bits per heavy atom. The zero-order chi connectivity index (χ0) is 18.1. The van der Waals surface area contributed by atoms with Gasteiger partial charge in [-0.2, -0.15) is 0 Å². The highest BCUT2D eigenvalue weighted by Gasteiger charge is 2.48. The van der Waals surface area contributed by atoms with Crippen LogP contribution in [0.15, 0.2) is 29.2 Å². The standard InChI is InChI=1S/C16H22N2O5S/c1-11(2)16(15(20)21)8-9-18(10-16)14(19)12-4-6-13(7-5-12)24(22,23)17-3/h4-7,11,17H,8-10H2,1-3H3,(H,20,21). The van der Waals surface area contributed by atoms with Crippen LogP contribution in [0.3, 0.4) is 0 Å². The van der Waals surface area contributed by atoms with Crippen molar-refractivity contribution < 1.29 is 23.1 Å². The molecule has 24 heavy (non-hydrogen) atoms. The van der Waals surface area contributed by atoms with Gasteiger partial charge in [0.1, 0.15) is 0 Å². The van der Waals surface area contributed by atoms with Gasteiger partial charge in [0.15, 0.2) is 0 Å². The van der Waals surface area contributed by atoms with Crippen LogP contribution in [0, 0.1) is 11.3 Å². The molecule has 1 unspecified atom stereocenters. The molecule has 1 aromatic carbocycles. The van der Waals surface area contributed by atoms with Crippen LogP contribution >= 0.6 is 0 Å². The van der Waals surface area contributed by atoms with E-state index in [0.717, 1.165) is 0 Å². The van der Waals surface area contributed by atoms with Gasteiger partial charge >= 0.3 is 5.97 Å². The SMILES string of the molecule is CNS(=O)(=O)c1ccc(C(=O)N2CCC(C(=O)O)(C(C)C)C2)cc1. The molecule has 1 atom stereocenters. The van der Waals surface area contributed by atoms with Crippen molar-refractivity contribution in [3.05, 3.63) is 29.8 Å². The number of carbonyl (C=O) groups is 2. The molecule has 0 spiro atoms. The maximum atomic E-state index is 12.6. The Hall–Kier alpha value is -1.93. The molecule has 0 aliphatic carbocycles. The first-order valence-corrected chi connectivity index (χ1v) is 9.18. The number of carboxylic acid groups (broad SMARTS) is 1. The molecule has 1 aliphatic rings. The number of nitrogens with zero attached hydrogens (tertiary/aromatic N) is 1. The van der Waals surface area contributed by atoms with E-state index in [9.17, 15) is 23.1 Å². The van der Waals surface area contributed by atoms with E-state index in [1.165, 1.54) is 36.2 Å². The lowest BCUT2D eigenvalue weighted by Gasteiger charge is -2.28. The second-order valence-corrected chi connectivity index (χ2v) is 8.21. The van der Waals surface area contributed by atoms with Crippen molar-refractivity contribution in [2.24, 2.45) is 11.3 Å². The quantitative estimate of drug-likeness (QED) is 0.826. The van der Waals surface area contributed by atoms with Gasteiger partial charge in [-0.3, -0.25) is 9.59 Å². The average Bonchev–Trinajstić information content (AvgIpc) is 3.01. The summed E-state index contributed by atoms with van der Waals surface area (Å²) in [5, 5.41) is 9.55. The first kappa shape index (κ1) is 18.4. The van der Waals surface area contributed by atoms with E-state index in [1.807, 2.05) is 13.8 Å². The fourth-order valence-corrected chi connectivity index (χ4v) is 3.71. The molecule has 0 aromatic heterocycles. The molecular weight excluding hydrogens is 332 g/mol. The number of aliphatic carboxylic acids is 1. The van der Waals surface area contributed by atoms with Crippen LogP contribution < -0.4 is 4.72 Å². The van der Waals surface area contributed by atoms with E-state index in [-0.39, 0.29) is 23.3 Å². The molecule has 2 N–H and O–H groups in total. The van der Waals surface area contributed by atoms with Crippen LogP contribution in [0.1, 0.15) is 30.6 Å². The summed E-state index contributed by atoms with van der Waals surface area (Å²) in [4.78, 5) is 25.8. The van der Waals surface area contributed by atoms with Gasteiger partial charge in [0, 0.05) is 18.7 Å². The first-order valence-electron chi connectivity index (χ1n) is 7.70. The van der Waals surface area contributed by atoms with E-state index in [1.54, 1.807) is 0 Å². The van der Waals surface area contributed by atoms with Gasteiger partial charge in [0.2, 0.25) is 10.0 Å². The van der Waals surface area contributed by atoms with Crippen molar-refractivity contribution in [1.82, 2.24) is 9.62 Å². The molecule has 1 aliphatic heterocycles. The third kappa shape index (κ3) is 3.16. The lowest BCUT2D eigenvalue weighted by atomic mass is 9.76. The van der Waals surface area contributed by atoms with Gasteiger partial charge in [-0.25, -0.2) is 13.1 Å². The monoisotopic (exact) mass is 354 g/mol. The van der Waals surface area contributed by atoms with E-state index in [4.69, 9.17) is 0 Å². The molecule has 0 saturated carbocycles. The largest absolute Gasteiger partial charge is 0.481 e. The Labute approximate surface area is 141 Å². The molecule has 0 bridgehead atoms. The highest BCUT2D eigenvalue weighted by molar-refractivity contribution is 7.89. The van der Waals surface area contributed by atoms with E-state index >= 15 is 0 Å². The van der Waals surface area contributed by atoms with E-state index in [0.29, 0.717) is 18.5 Å². The van der Waals surface area contributed by atoms with Crippen LogP contribution in [0.4, 0.5) is 0 Å². The van der Waals surface area contributed by atoms with Crippen molar-refractivity contribution in [2.75, 3.05) is 20.1 Å². The predicted molar refractivity (Wildman–Crippen MR) is 88.1 cm³/mol. The summed E-state index contributed by atoms with van der Waals surface area (Å²) < 4.78 is 25.6. The summed E-state index contributed by atoms with van der Waals surface area (Å²) >= 11 is 0. The molecule has 7 nitrogen and oxygen atoms in total. The lowest BCUT2D eigenvalue weighted by Crippen LogP contribution is -2.40. The van der Waals surface area contributed by atoms with Gasteiger partial charge in [0.05, 0.1) is 10.3 Å². The topological polar surface area (TPSA) is 104 Å². The van der Waals surface area contributed by atoms with Crippen LogP contribution in [-0.2, 0) is 14.8 Å². The van der Waals surface area contributed by atoms with Gasteiger partial charge < -0.3 is 10.0 Å². The second kappa shape index (κ2) is 6.52. The molecule has 1 fully saturated rings. The number of carbonyl (C=O) groups excluding carboxylic acids is 1. The maximum Gasteiger partial charge on any atom is 0.311 e. The Balaban J connectivity index is 2.20. The number of nitrogens with one attached hydrogen (secondary N) is 1. The Bertz CT molecular complexity index is 742. The number of hydrogen-bond donors (Lipinski definition) is 2. The molecule has 8 heteroatoms. The van der Waals surface area contributed by atoms with Crippen molar-refractivity contribution >= 4 is 21.9 Å². The average molecular weight is 354 g/mol. The molecule has 132 valence electrons. The minimum Gasteiger partial charge on any atom is -0.481 e. The second-order valence-electron chi connectivity index (χ2n) is 6.32.